The van der Waals surface area contributed by atoms with Crippen molar-refractivity contribution in [2.45, 2.75) is 73.6 Å². The number of aliphatic hydroxyl groups excluding tert-OH is 1. The predicted octanol–water partition coefficient (Wildman–Crippen LogP) is 4.02. The van der Waals surface area contributed by atoms with Crippen molar-refractivity contribution in [2.24, 2.45) is 5.73 Å². The summed E-state index contributed by atoms with van der Waals surface area (Å²) in [6, 6.07) is 37.8. The standard InChI is InChI=1S/C37H43NO5/c38-23-13-22-33-35(40,25-29-16-7-2-8-17-29)37(42,27-31-20-11-4-12-21-31)36(41,26-30-18-9-3-10-19-30)34(43-33)32(39)24-28-14-5-1-6-15-28/h1-12,14-21,32-34,39-42H,13,22-27,38H2/t32?,33-,34+,35-,36+,37+/m0/s1. The van der Waals surface area contributed by atoms with E-state index in [0.29, 0.717) is 19.4 Å². The Bertz CT molecular complexity index is 1410. The normalized spacial score (nSPS) is 27.9. The van der Waals surface area contributed by atoms with E-state index in [1.54, 1.807) is 0 Å². The van der Waals surface area contributed by atoms with Crippen LogP contribution in [-0.4, -0.2) is 62.1 Å². The molecule has 1 saturated heterocycles. The van der Waals surface area contributed by atoms with Crippen molar-refractivity contribution in [1.29, 1.82) is 0 Å². The zero-order chi connectivity index (χ0) is 30.3. The first-order valence-corrected chi connectivity index (χ1v) is 15.2. The van der Waals surface area contributed by atoms with Crippen molar-refractivity contribution in [2.75, 3.05) is 6.54 Å². The fourth-order valence-electron chi connectivity index (χ4n) is 6.78. The van der Waals surface area contributed by atoms with E-state index in [9.17, 15) is 20.4 Å². The van der Waals surface area contributed by atoms with Gasteiger partial charge in [-0.3, -0.25) is 0 Å². The lowest BCUT2D eigenvalue weighted by molar-refractivity contribution is -0.366. The molecule has 6 atom stereocenters. The fraction of sp³-hybridized carbons (Fsp3) is 0.351. The van der Waals surface area contributed by atoms with Gasteiger partial charge in [-0.15, -0.1) is 0 Å². The molecule has 0 radical (unpaired) electrons. The molecule has 1 heterocycles. The highest BCUT2D eigenvalue weighted by Crippen LogP contribution is 2.51. The smallest absolute Gasteiger partial charge is 0.132 e. The molecule has 0 aliphatic carbocycles. The Kier molecular flexibility index (Phi) is 9.77. The van der Waals surface area contributed by atoms with Crippen molar-refractivity contribution >= 4 is 0 Å². The summed E-state index contributed by atoms with van der Waals surface area (Å²) in [7, 11) is 0. The Labute approximate surface area is 254 Å². The highest BCUT2D eigenvalue weighted by molar-refractivity contribution is 5.34. The molecule has 0 saturated carbocycles. The third kappa shape index (κ3) is 6.46. The van der Waals surface area contributed by atoms with E-state index in [2.05, 4.69) is 0 Å². The van der Waals surface area contributed by atoms with Crippen LogP contribution in [0.15, 0.2) is 121 Å². The monoisotopic (exact) mass is 581 g/mol. The Morgan fingerprint density at radius 3 is 1.49 bits per heavy atom. The molecule has 5 rings (SSSR count). The second kappa shape index (κ2) is 13.5. The summed E-state index contributed by atoms with van der Waals surface area (Å²) in [4.78, 5) is 0. The van der Waals surface area contributed by atoms with Crippen molar-refractivity contribution < 1.29 is 25.2 Å². The van der Waals surface area contributed by atoms with Crippen molar-refractivity contribution in [3.05, 3.63) is 144 Å². The maximum absolute atomic E-state index is 13.2. The van der Waals surface area contributed by atoms with E-state index in [-0.39, 0.29) is 25.7 Å². The Hall–Kier alpha value is -3.36. The number of hydrogen-bond donors (Lipinski definition) is 5. The second-order valence-corrected chi connectivity index (χ2v) is 11.9. The summed E-state index contributed by atoms with van der Waals surface area (Å²) in [6.07, 6.45) is -2.33. The van der Waals surface area contributed by atoms with Gasteiger partial charge in [0.1, 0.15) is 22.9 Å². The molecule has 4 aromatic rings. The van der Waals surface area contributed by atoms with Gasteiger partial charge in [-0.2, -0.15) is 0 Å². The average Bonchev–Trinajstić information content (AvgIpc) is 3.02. The Morgan fingerprint density at radius 2 is 1.02 bits per heavy atom. The number of benzene rings is 4. The molecule has 0 aromatic heterocycles. The molecule has 1 aliphatic heterocycles. The van der Waals surface area contributed by atoms with Gasteiger partial charge in [0.05, 0.1) is 12.2 Å². The lowest BCUT2D eigenvalue weighted by Crippen LogP contribution is -2.83. The SMILES string of the molecule is NCCC[C@@H]1O[C@H](C(O)Cc2ccccc2)[C@](O)(Cc2ccccc2)[C@@](O)(Cc2ccccc2)[C@]1(O)Cc1ccccc1. The largest absolute Gasteiger partial charge is 0.390 e. The molecule has 43 heavy (non-hydrogen) atoms. The highest BCUT2D eigenvalue weighted by Gasteiger charge is 2.71. The number of nitrogens with two attached hydrogens (primary N) is 1. The van der Waals surface area contributed by atoms with Gasteiger partial charge in [-0.05, 0) is 41.6 Å². The maximum Gasteiger partial charge on any atom is 0.132 e. The Morgan fingerprint density at radius 1 is 0.605 bits per heavy atom. The summed E-state index contributed by atoms with van der Waals surface area (Å²) < 4.78 is 6.67. The Balaban J connectivity index is 1.69. The van der Waals surface area contributed by atoms with Crippen LogP contribution in [0.1, 0.15) is 35.1 Å². The van der Waals surface area contributed by atoms with Crippen LogP contribution < -0.4 is 5.73 Å². The lowest BCUT2D eigenvalue weighted by atomic mass is 9.57. The first kappa shape index (κ1) is 31.1. The van der Waals surface area contributed by atoms with Crippen LogP contribution in [0.2, 0.25) is 0 Å². The predicted molar refractivity (Wildman–Crippen MR) is 168 cm³/mol. The van der Waals surface area contributed by atoms with Crippen molar-refractivity contribution in [3.8, 4) is 0 Å². The molecule has 6 nitrogen and oxygen atoms in total. The molecule has 1 aliphatic rings. The fourth-order valence-corrected chi connectivity index (χ4v) is 6.78. The molecule has 6 N–H and O–H groups in total. The zero-order valence-electron chi connectivity index (χ0n) is 24.5. The first-order valence-electron chi connectivity index (χ1n) is 15.2. The lowest BCUT2D eigenvalue weighted by Gasteiger charge is -2.62. The van der Waals surface area contributed by atoms with Crippen LogP contribution in [0.3, 0.4) is 0 Å². The molecule has 0 spiro atoms. The topological polar surface area (TPSA) is 116 Å². The first-order chi connectivity index (χ1) is 20.8. The highest BCUT2D eigenvalue weighted by atomic mass is 16.6. The van der Waals surface area contributed by atoms with Crippen LogP contribution in [-0.2, 0) is 30.4 Å². The summed E-state index contributed by atoms with van der Waals surface area (Å²) in [6.45, 7) is 0.365. The minimum Gasteiger partial charge on any atom is -0.390 e. The second-order valence-electron chi connectivity index (χ2n) is 11.9. The van der Waals surface area contributed by atoms with Gasteiger partial charge in [-0.25, -0.2) is 0 Å². The average molecular weight is 582 g/mol. The van der Waals surface area contributed by atoms with Crippen LogP contribution in [0.5, 0.6) is 0 Å². The minimum atomic E-state index is -2.15. The molecule has 1 fully saturated rings. The van der Waals surface area contributed by atoms with E-state index in [1.807, 2.05) is 121 Å². The minimum absolute atomic E-state index is 0.0327. The van der Waals surface area contributed by atoms with Crippen LogP contribution >= 0.6 is 0 Å². The van der Waals surface area contributed by atoms with E-state index in [1.165, 1.54) is 0 Å². The van der Waals surface area contributed by atoms with Gasteiger partial charge >= 0.3 is 0 Å². The third-order valence-electron chi connectivity index (χ3n) is 8.99. The van der Waals surface area contributed by atoms with E-state index >= 15 is 0 Å². The number of ether oxygens (including phenoxy) is 1. The molecule has 226 valence electrons. The van der Waals surface area contributed by atoms with Crippen molar-refractivity contribution in [1.82, 2.24) is 0 Å². The molecular weight excluding hydrogens is 538 g/mol. The van der Waals surface area contributed by atoms with E-state index < -0.39 is 35.1 Å². The summed E-state index contributed by atoms with van der Waals surface area (Å²) in [5.41, 5.74) is 2.92. The maximum atomic E-state index is 13.2. The van der Waals surface area contributed by atoms with Gasteiger partial charge in [0, 0.05) is 25.7 Å². The van der Waals surface area contributed by atoms with Gasteiger partial charge in [0.15, 0.2) is 0 Å². The molecule has 1 unspecified atom stereocenters. The molecule has 6 heteroatoms. The van der Waals surface area contributed by atoms with Crippen LogP contribution in [0.4, 0.5) is 0 Å². The third-order valence-corrected chi connectivity index (χ3v) is 8.99. The molecular formula is C37H43NO5. The van der Waals surface area contributed by atoms with E-state index in [4.69, 9.17) is 10.5 Å². The number of rotatable bonds is 12. The van der Waals surface area contributed by atoms with Gasteiger partial charge < -0.3 is 30.9 Å². The van der Waals surface area contributed by atoms with Gasteiger partial charge in [-0.1, -0.05) is 121 Å². The summed E-state index contributed by atoms with van der Waals surface area (Å²) in [5, 5.41) is 51.0. The molecule has 4 aromatic carbocycles. The zero-order valence-corrected chi connectivity index (χ0v) is 24.5. The van der Waals surface area contributed by atoms with Crippen LogP contribution in [0.25, 0.3) is 0 Å². The summed E-state index contributed by atoms with van der Waals surface area (Å²) in [5.74, 6) is 0. The molecule has 0 bridgehead atoms. The molecule has 0 amide bonds. The van der Waals surface area contributed by atoms with E-state index in [0.717, 1.165) is 22.3 Å². The quantitative estimate of drug-likeness (QED) is 0.173. The number of aliphatic hydroxyl groups is 4. The van der Waals surface area contributed by atoms with Crippen molar-refractivity contribution in [3.63, 3.8) is 0 Å². The number of hydrogen-bond acceptors (Lipinski definition) is 6. The van der Waals surface area contributed by atoms with Gasteiger partial charge in [0.25, 0.3) is 0 Å². The van der Waals surface area contributed by atoms with Gasteiger partial charge in [0.2, 0.25) is 0 Å². The summed E-state index contributed by atoms with van der Waals surface area (Å²) >= 11 is 0. The van der Waals surface area contributed by atoms with Crippen LogP contribution in [0, 0.1) is 0 Å².